The third-order valence-electron chi connectivity index (χ3n) is 4.92. The predicted octanol–water partition coefficient (Wildman–Crippen LogP) is 5.39. The summed E-state index contributed by atoms with van der Waals surface area (Å²) in [5.41, 5.74) is 0.365. The fourth-order valence-electron chi connectivity index (χ4n) is 3.61. The Balaban J connectivity index is 1.69. The van der Waals surface area contributed by atoms with E-state index in [1.807, 2.05) is 0 Å². The van der Waals surface area contributed by atoms with Gasteiger partial charge in [-0.2, -0.15) is 13.2 Å². The highest BCUT2D eigenvalue weighted by molar-refractivity contribution is 5.50. The van der Waals surface area contributed by atoms with Crippen molar-refractivity contribution in [1.82, 2.24) is 0 Å². The van der Waals surface area contributed by atoms with Gasteiger partial charge in [0.15, 0.2) is 0 Å². The Morgan fingerprint density at radius 3 is 2.48 bits per heavy atom. The Bertz CT molecular complexity index is 505. The summed E-state index contributed by atoms with van der Waals surface area (Å²) in [6.07, 6.45) is 3.09. The van der Waals surface area contributed by atoms with E-state index in [1.54, 1.807) is 12.1 Å². The molecule has 0 saturated heterocycles. The van der Waals surface area contributed by atoms with Crippen LogP contribution in [0.15, 0.2) is 18.2 Å². The van der Waals surface area contributed by atoms with Gasteiger partial charge in [-0.25, -0.2) is 0 Å². The van der Waals surface area contributed by atoms with Gasteiger partial charge in [-0.3, -0.25) is 0 Å². The first-order valence-corrected chi connectivity index (χ1v) is 7.88. The molecule has 2 unspecified atom stereocenters. The van der Waals surface area contributed by atoms with E-state index in [0.717, 1.165) is 24.7 Å². The average Bonchev–Trinajstić information content (AvgIpc) is 3.24. The summed E-state index contributed by atoms with van der Waals surface area (Å²) in [5, 5.41) is 3.33. The molecule has 0 heterocycles. The average molecular weight is 297 g/mol. The lowest BCUT2D eigenvalue weighted by molar-refractivity contribution is -0.138. The highest BCUT2D eigenvalue weighted by Crippen LogP contribution is 2.44. The van der Waals surface area contributed by atoms with Crippen molar-refractivity contribution in [2.75, 3.05) is 5.32 Å². The molecule has 0 aromatic heterocycles. The summed E-state index contributed by atoms with van der Waals surface area (Å²) in [4.78, 5) is 0. The van der Waals surface area contributed by atoms with Crippen LogP contribution in [-0.4, -0.2) is 6.04 Å². The Morgan fingerprint density at radius 1 is 1.05 bits per heavy atom. The topological polar surface area (TPSA) is 12.0 Å². The summed E-state index contributed by atoms with van der Waals surface area (Å²) in [5.74, 6) is 1.67. The molecule has 0 radical (unpaired) electrons. The number of aryl methyl sites for hydroxylation is 1. The molecule has 1 N–H and O–H groups in total. The Morgan fingerprint density at radius 2 is 1.81 bits per heavy atom. The number of benzene rings is 1. The maximum absolute atomic E-state index is 13.0. The Kier molecular flexibility index (Phi) is 3.89. The fourth-order valence-corrected chi connectivity index (χ4v) is 3.61. The minimum Gasteiger partial charge on any atom is -0.382 e. The molecule has 0 spiro atoms. The summed E-state index contributed by atoms with van der Waals surface area (Å²) < 4.78 is 38.9. The second kappa shape index (κ2) is 5.54. The van der Waals surface area contributed by atoms with Crippen LogP contribution in [0.2, 0.25) is 0 Å². The molecule has 0 aliphatic heterocycles. The van der Waals surface area contributed by atoms with E-state index in [4.69, 9.17) is 0 Å². The van der Waals surface area contributed by atoms with E-state index >= 15 is 0 Å². The van der Waals surface area contributed by atoms with Crippen LogP contribution in [0.1, 0.15) is 49.7 Å². The largest absolute Gasteiger partial charge is 0.416 e. The standard InChI is InChI=1S/C17H22F3N/c1-11-5-8-15(10-16(11)17(18,19)20)21-14-4-2-3-13(9-14)12-6-7-12/h5,8,10,12-14,21H,2-4,6-7,9H2,1H3. The van der Waals surface area contributed by atoms with Gasteiger partial charge in [0.1, 0.15) is 0 Å². The number of halogens is 3. The van der Waals surface area contributed by atoms with Crippen LogP contribution >= 0.6 is 0 Å². The molecule has 2 fully saturated rings. The van der Waals surface area contributed by atoms with Gasteiger partial charge in [0.05, 0.1) is 5.56 Å². The molecule has 2 aliphatic carbocycles. The molecule has 21 heavy (non-hydrogen) atoms. The number of rotatable bonds is 3. The molecule has 116 valence electrons. The summed E-state index contributed by atoms with van der Waals surface area (Å²) >= 11 is 0. The van der Waals surface area contributed by atoms with Crippen molar-refractivity contribution in [2.45, 2.75) is 57.7 Å². The molecular weight excluding hydrogens is 275 g/mol. The van der Waals surface area contributed by atoms with Crippen molar-refractivity contribution in [2.24, 2.45) is 11.8 Å². The van der Waals surface area contributed by atoms with Gasteiger partial charge in [-0.1, -0.05) is 18.9 Å². The number of anilines is 1. The maximum Gasteiger partial charge on any atom is 0.416 e. The molecule has 3 rings (SSSR count). The highest BCUT2D eigenvalue weighted by atomic mass is 19.4. The quantitative estimate of drug-likeness (QED) is 0.788. The number of hydrogen-bond donors (Lipinski definition) is 1. The minimum absolute atomic E-state index is 0.285. The monoisotopic (exact) mass is 297 g/mol. The lowest BCUT2D eigenvalue weighted by Crippen LogP contribution is -2.28. The number of alkyl halides is 3. The van der Waals surface area contributed by atoms with Crippen molar-refractivity contribution in [3.63, 3.8) is 0 Å². The molecule has 2 aliphatic rings. The van der Waals surface area contributed by atoms with Gasteiger partial charge >= 0.3 is 6.18 Å². The molecule has 1 aromatic carbocycles. The second-order valence-electron chi connectivity index (χ2n) is 6.63. The zero-order chi connectivity index (χ0) is 15.0. The number of hydrogen-bond acceptors (Lipinski definition) is 1. The maximum atomic E-state index is 13.0. The summed E-state index contributed by atoms with van der Waals surface area (Å²) in [6, 6.07) is 4.92. The molecule has 1 nitrogen and oxygen atoms in total. The fraction of sp³-hybridized carbons (Fsp3) is 0.647. The molecule has 0 amide bonds. The molecule has 1 aromatic rings. The minimum atomic E-state index is -4.27. The van der Waals surface area contributed by atoms with Crippen LogP contribution in [0.25, 0.3) is 0 Å². The van der Waals surface area contributed by atoms with E-state index in [-0.39, 0.29) is 5.56 Å². The first kappa shape index (κ1) is 14.7. The molecular formula is C17H22F3N. The third-order valence-corrected chi connectivity index (χ3v) is 4.92. The van der Waals surface area contributed by atoms with Crippen molar-refractivity contribution in [3.8, 4) is 0 Å². The Hall–Kier alpha value is -1.19. The summed E-state index contributed by atoms with van der Waals surface area (Å²) in [6.45, 7) is 1.51. The lowest BCUT2D eigenvalue weighted by Gasteiger charge is -2.30. The normalized spacial score (nSPS) is 26.7. The SMILES string of the molecule is Cc1ccc(NC2CCCC(C3CC3)C2)cc1C(F)(F)F. The lowest BCUT2D eigenvalue weighted by atomic mass is 9.82. The second-order valence-corrected chi connectivity index (χ2v) is 6.63. The van der Waals surface area contributed by atoms with E-state index in [9.17, 15) is 13.2 Å². The zero-order valence-corrected chi connectivity index (χ0v) is 12.3. The van der Waals surface area contributed by atoms with Gasteiger partial charge in [0.2, 0.25) is 0 Å². The molecule has 4 heteroatoms. The Labute approximate surface area is 123 Å². The van der Waals surface area contributed by atoms with E-state index in [2.05, 4.69) is 5.32 Å². The van der Waals surface area contributed by atoms with Crippen LogP contribution < -0.4 is 5.32 Å². The van der Waals surface area contributed by atoms with E-state index < -0.39 is 11.7 Å². The van der Waals surface area contributed by atoms with Crippen LogP contribution in [0, 0.1) is 18.8 Å². The van der Waals surface area contributed by atoms with E-state index in [1.165, 1.54) is 38.7 Å². The molecule has 2 saturated carbocycles. The van der Waals surface area contributed by atoms with Gasteiger partial charge in [-0.05, 0) is 62.1 Å². The third kappa shape index (κ3) is 3.53. The van der Waals surface area contributed by atoms with Gasteiger partial charge < -0.3 is 5.32 Å². The van der Waals surface area contributed by atoms with E-state index in [0.29, 0.717) is 11.7 Å². The van der Waals surface area contributed by atoms with Crippen LogP contribution in [0.3, 0.4) is 0 Å². The smallest absolute Gasteiger partial charge is 0.382 e. The van der Waals surface area contributed by atoms with Crippen LogP contribution in [-0.2, 0) is 6.18 Å². The van der Waals surface area contributed by atoms with Crippen LogP contribution in [0.5, 0.6) is 0 Å². The van der Waals surface area contributed by atoms with Crippen molar-refractivity contribution in [3.05, 3.63) is 29.3 Å². The predicted molar refractivity (Wildman–Crippen MR) is 78.3 cm³/mol. The van der Waals surface area contributed by atoms with Gasteiger partial charge in [0.25, 0.3) is 0 Å². The first-order valence-electron chi connectivity index (χ1n) is 7.88. The van der Waals surface area contributed by atoms with Crippen LogP contribution in [0.4, 0.5) is 18.9 Å². The molecule has 2 atom stereocenters. The summed E-state index contributed by atoms with van der Waals surface area (Å²) in [7, 11) is 0. The zero-order valence-electron chi connectivity index (χ0n) is 12.3. The van der Waals surface area contributed by atoms with Crippen molar-refractivity contribution in [1.29, 1.82) is 0 Å². The van der Waals surface area contributed by atoms with Crippen molar-refractivity contribution >= 4 is 5.69 Å². The van der Waals surface area contributed by atoms with Gasteiger partial charge in [0, 0.05) is 11.7 Å². The first-order chi connectivity index (χ1) is 9.93. The van der Waals surface area contributed by atoms with Crippen molar-refractivity contribution < 1.29 is 13.2 Å². The number of nitrogens with one attached hydrogen (secondary N) is 1. The molecule has 0 bridgehead atoms. The van der Waals surface area contributed by atoms with Gasteiger partial charge in [-0.15, -0.1) is 0 Å². The highest BCUT2D eigenvalue weighted by Gasteiger charge is 2.35.